The summed E-state index contributed by atoms with van der Waals surface area (Å²) < 4.78 is 66.9. The van der Waals surface area contributed by atoms with Gasteiger partial charge in [-0.05, 0) is 42.3 Å². The van der Waals surface area contributed by atoms with Crippen LogP contribution in [0.5, 0.6) is 0 Å². The van der Waals surface area contributed by atoms with Crippen LogP contribution in [0.25, 0.3) is 0 Å². The van der Waals surface area contributed by atoms with Gasteiger partial charge in [-0.25, -0.2) is 14.1 Å². The van der Waals surface area contributed by atoms with E-state index in [-0.39, 0.29) is 16.8 Å². The Balaban J connectivity index is 1.57. The first-order chi connectivity index (χ1) is 17.2. The van der Waals surface area contributed by atoms with Crippen LogP contribution in [-0.4, -0.2) is 48.7 Å². The molecule has 7 nitrogen and oxygen atoms in total. The van der Waals surface area contributed by atoms with Crippen LogP contribution < -0.4 is 0 Å². The summed E-state index contributed by atoms with van der Waals surface area (Å²) in [5, 5.41) is 2.46. The summed E-state index contributed by atoms with van der Waals surface area (Å²) >= 11 is 11.5. The largest absolute Gasteiger partial charge is 0.435 e. The van der Waals surface area contributed by atoms with Gasteiger partial charge in [0.2, 0.25) is 5.79 Å². The molecule has 1 aliphatic heterocycles. The number of hydrogen-bond donors (Lipinski definition) is 0. The van der Waals surface area contributed by atoms with E-state index in [0.29, 0.717) is 18.4 Å². The Labute approximate surface area is 218 Å². The van der Waals surface area contributed by atoms with Crippen molar-refractivity contribution in [1.29, 1.82) is 0 Å². The second-order valence-electron chi connectivity index (χ2n) is 8.76. The zero-order chi connectivity index (χ0) is 27.3. The van der Waals surface area contributed by atoms with Crippen molar-refractivity contribution in [2.75, 3.05) is 14.2 Å². The van der Waals surface area contributed by atoms with Gasteiger partial charge in [0.05, 0.1) is 15.8 Å². The molecule has 13 heteroatoms. The predicted octanol–water partition coefficient (Wildman–Crippen LogP) is 6.37. The highest BCUT2D eigenvalue weighted by molar-refractivity contribution is 6.35. The number of carbonyl (C=O) groups is 2. The molecule has 2 aromatic rings. The number of benzene rings is 2. The van der Waals surface area contributed by atoms with E-state index in [1.165, 1.54) is 32.4 Å². The monoisotopic (exact) mass is 562 g/mol. The summed E-state index contributed by atoms with van der Waals surface area (Å²) in [5.41, 5.74) is -2.78. The summed E-state index contributed by atoms with van der Waals surface area (Å²) in [6.07, 6.45) is -5.58. The van der Waals surface area contributed by atoms with E-state index in [0.717, 1.165) is 17.0 Å². The molecule has 2 aliphatic rings. The van der Waals surface area contributed by atoms with Crippen LogP contribution in [0.1, 0.15) is 46.3 Å². The Morgan fingerprint density at radius 3 is 2.27 bits per heavy atom. The molecule has 0 spiro atoms. The molecule has 0 N–H and O–H groups in total. The average Bonchev–Trinajstić information content (AvgIpc) is 3.45. The number of alkyl halides is 3. The molecule has 2 amide bonds. The molecule has 1 atom stereocenters. The van der Waals surface area contributed by atoms with Crippen LogP contribution >= 0.6 is 23.2 Å². The average molecular weight is 563 g/mol. The number of hydrogen-bond acceptors (Lipinski definition) is 6. The first-order valence-electron chi connectivity index (χ1n) is 10.9. The molecule has 4 rings (SSSR count). The standard InChI is InChI=1S/C24H20Cl2F4N2O5/c1-12-8-13(4-5-15(12)20(33)32(2)21(34)36-22(35-3)6-7-22)18-11-23(37-31-18,24(28,29)30)14-9-16(25)19(27)17(26)10-14/h4-5,8-10H,6-7,11H2,1-3H3. The van der Waals surface area contributed by atoms with Crippen LogP contribution in [0, 0.1) is 12.7 Å². The van der Waals surface area contributed by atoms with Crippen molar-refractivity contribution in [1.82, 2.24) is 4.90 Å². The second kappa shape index (κ2) is 9.45. The van der Waals surface area contributed by atoms with Crippen molar-refractivity contribution in [2.45, 2.75) is 43.8 Å². The summed E-state index contributed by atoms with van der Waals surface area (Å²) in [5.74, 6) is -2.75. The molecule has 1 saturated carbocycles. The maximum atomic E-state index is 14.2. The minimum Gasteiger partial charge on any atom is -0.416 e. The molecule has 1 aliphatic carbocycles. The molecule has 198 valence electrons. The van der Waals surface area contributed by atoms with Gasteiger partial charge in [-0.15, -0.1) is 0 Å². The first kappa shape index (κ1) is 27.2. The van der Waals surface area contributed by atoms with Crippen molar-refractivity contribution in [3.05, 3.63) is 68.4 Å². The Kier molecular flexibility index (Phi) is 6.93. The number of ether oxygens (including phenoxy) is 2. The number of rotatable bonds is 5. The minimum atomic E-state index is -4.96. The van der Waals surface area contributed by atoms with Crippen LogP contribution in [0.4, 0.5) is 22.4 Å². The molecule has 37 heavy (non-hydrogen) atoms. The van der Waals surface area contributed by atoms with E-state index in [1.807, 2.05) is 0 Å². The van der Waals surface area contributed by atoms with E-state index >= 15 is 0 Å². The van der Waals surface area contributed by atoms with Crippen molar-refractivity contribution < 1.29 is 41.5 Å². The van der Waals surface area contributed by atoms with E-state index < -0.39 is 57.4 Å². The Hall–Kier alpha value is -2.89. The molecule has 1 unspecified atom stereocenters. The van der Waals surface area contributed by atoms with Crippen molar-refractivity contribution in [3.8, 4) is 0 Å². The van der Waals surface area contributed by atoms with E-state index in [4.69, 9.17) is 37.5 Å². The van der Waals surface area contributed by atoms with Crippen LogP contribution in [0.3, 0.4) is 0 Å². The first-order valence-corrected chi connectivity index (χ1v) is 11.6. The van der Waals surface area contributed by atoms with Gasteiger partial charge in [-0.2, -0.15) is 13.2 Å². The quantitative estimate of drug-likeness (QED) is 0.240. The van der Waals surface area contributed by atoms with Crippen molar-refractivity contribution in [2.24, 2.45) is 5.16 Å². The number of halogens is 6. The molecule has 2 aromatic carbocycles. The van der Waals surface area contributed by atoms with Crippen molar-refractivity contribution >= 4 is 40.9 Å². The summed E-state index contributed by atoms with van der Waals surface area (Å²) in [6, 6.07) is 5.79. The lowest BCUT2D eigenvalue weighted by atomic mass is 9.86. The lowest BCUT2D eigenvalue weighted by molar-refractivity contribution is -0.275. The Bertz CT molecular complexity index is 1290. The predicted molar refractivity (Wildman–Crippen MR) is 125 cm³/mol. The summed E-state index contributed by atoms with van der Waals surface area (Å²) in [4.78, 5) is 30.9. The zero-order valence-corrected chi connectivity index (χ0v) is 21.2. The third-order valence-electron chi connectivity index (χ3n) is 6.31. The smallest absolute Gasteiger partial charge is 0.416 e. The fourth-order valence-corrected chi connectivity index (χ4v) is 4.36. The summed E-state index contributed by atoms with van der Waals surface area (Å²) in [7, 11) is 2.64. The van der Waals surface area contributed by atoms with E-state index in [1.54, 1.807) is 6.92 Å². The lowest BCUT2D eigenvalue weighted by Gasteiger charge is -2.29. The number of oxime groups is 1. The van der Waals surface area contributed by atoms with Crippen LogP contribution in [0.2, 0.25) is 10.0 Å². The van der Waals surface area contributed by atoms with Crippen LogP contribution in [0.15, 0.2) is 35.5 Å². The van der Waals surface area contributed by atoms with Crippen molar-refractivity contribution in [3.63, 3.8) is 0 Å². The lowest BCUT2D eigenvalue weighted by Crippen LogP contribution is -2.42. The fraction of sp³-hybridized carbons (Fsp3) is 0.375. The number of amides is 2. The van der Waals surface area contributed by atoms with Gasteiger partial charge in [0.15, 0.2) is 5.82 Å². The van der Waals surface area contributed by atoms with Gasteiger partial charge in [-0.3, -0.25) is 4.79 Å². The normalized spacial score (nSPS) is 20.2. The van der Waals surface area contributed by atoms with E-state index in [2.05, 4.69) is 5.16 Å². The van der Waals surface area contributed by atoms with Gasteiger partial charge in [0.25, 0.3) is 11.5 Å². The van der Waals surface area contributed by atoms with Crippen LogP contribution in [-0.2, 0) is 19.9 Å². The SMILES string of the molecule is COC1(OC(=O)N(C)C(=O)c2ccc(C3=NOC(c4cc(Cl)c(F)c(Cl)c4)(C(F)(F)F)C3)cc2C)CC1. The number of aryl methyl sites for hydroxylation is 1. The van der Waals surface area contributed by atoms with Gasteiger partial charge in [0.1, 0.15) is 0 Å². The molecular weight excluding hydrogens is 543 g/mol. The highest BCUT2D eigenvalue weighted by atomic mass is 35.5. The van der Waals surface area contributed by atoms with Gasteiger partial charge in [-0.1, -0.05) is 34.4 Å². The molecule has 1 heterocycles. The van der Waals surface area contributed by atoms with Gasteiger partial charge >= 0.3 is 12.3 Å². The highest BCUT2D eigenvalue weighted by Gasteiger charge is 2.62. The maximum Gasteiger partial charge on any atom is 0.435 e. The molecule has 0 bridgehead atoms. The molecule has 0 saturated heterocycles. The highest BCUT2D eigenvalue weighted by Crippen LogP contribution is 2.50. The van der Waals surface area contributed by atoms with Gasteiger partial charge < -0.3 is 14.3 Å². The van der Waals surface area contributed by atoms with Gasteiger partial charge in [0, 0.05) is 44.5 Å². The maximum absolute atomic E-state index is 14.2. The number of nitrogens with zero attached hydrogens (tertiary/aromatic N) is 2. The summed E-state index contributed by atoms with van der Waals surface area (Å²) in [6.45, 7) is 1.56. The van der Waals surface area contributed by atoms with E-state index in [9.17, 15) is 27.2 Å². The topological polar surface area (TPSA) is 77.4 Å². The number of carbonyl (C=O) groups excluding carboxylic acids is 2. The Morgan fingerprint density at radius 2 is 1.76 bits per heavy atom. The second-order valence-corrected chi connectivity index (χ2v) is 9.58. The number of imide groups is 1. The zero-order valence-electron chi connectivity index (χ0n) is 19.7. The third kappa shape index (κ3) is 4.87. The Morgan fingerprint density at radius 1 is 1.14 bits per heavy atom. The third-order valence-corrected chi connectivity index (χ3v) is 6.86. The molecule has 0 radical (unpaired) electrons. The molecule has 1 fully saturated rings. The minimum absolute atomic E-state index is 0.0699. The number of methoxy groups -OCH3 is 1. The molecular formula is C24H20Cl2F4N2O5. The fourth-order valence-electron chi connectivity index (χ4n) is 3.87. The molecule has 0 aromatic heterocycles.